The van der Waals surface area contributed by atoms with Gasteiger partial charge in [-0.3, -0.25) is 0 Å². The molecular weight excluding hydrogens is 268 g/mol. The second-order valence-corrected chi connectivity index (χ2v) is 5.81. The van der Waals surface area contributed by atoms with Crippen molar-refractivity contribution < 1.29 is 0 Å². The zero-order valence-electron chi connectivity index (χ0n) is 12.5. The fourth-order valence-electron chi connectivity index (χ4n) is 2.16. The van der Waals surface area contributed by atoms with E-state index >= 15 is 0 Å². The van der Waals surface area contributed by atoms with Crippen LogP contribution in [-0.4, -0.2) is 12.1 Å². The fourth-order valence-corrected chi connectivity index (χ4v) is 2.16. The summed E-state index contributed by atoms with van der Waals surface area (Å²) in [4.78, 5) is 0. The molecule has 3 N–H and O–H groups in total. The zero-order chi connectivity index (χ0) is 13.9. The third kappa shape index (κ3) is 3.72. The van der Waals surface area contributed by atoms with Crippen molar-refractivity contribution >= 4 is 23.2 Å². The van der Waals surface area contributed by atoms with Gasteiger partial charge in [0.25, 0.3) is 0 Å². The number of nitrogens with one attached hydrogen (secondary N) is 1. The molecule has 2 nitrogen and oxygen atoms in total. The Kier molecular flexibility index (Phi) is 6.00. The first-order valence-corrected chi connectivity index (χ1v) is 6.98. The normalized spacial score (nSPS) is 14.1. The molecule has 0 aliphatic rings. The Morgan fingerprint density at radius 1 is 1.10 bits per heavy atom. The number of halogens is 1. The molecule has 2 aromatic carbocycles. The van der Waals surface area contributed by atoms with Crippen molar-refractivity contribution in [2.24, 2.45) is 11.7 Å². The SMILES string of the molecule is CC(C)C(C)(CN)NCc1ccc2ccccc2c1.Cl. The summed E-state index contributed by atoms with van der Waals surface area (Å²) in [5.74, 6) is 0.512. The van der Waals surface area contributed by atoms with Gasteiger partial charge in [0, 0.05) is 18.6 Å². The van der Waals surface area contributed by atoms with E-state index in [0.29, 0.717) is 12.5 Å². The summed E-state index contributed by atoms with van der Waals surface area (Å²) in [6, 6.07) is 15.1. The van der Waals surface area contributed by atoms with Gasteiger partial charge in [0.05, 0.1) is 0 Å². The van der Waals surface area contributed by atoms with E-state index in [4.69, 9.17) is 5.73 Å². The van der Waals surface area contributed by atoms with Gasteiger partial charge in [-0.05, 0) is 35.2 Å². The van der Waals surface area contributed by atoms with E-state index in [1.54, 1.807) is 0 Å². The summed E-state index contributed by atoms with van der Waals surface area (Å²) < 4.78 is 0. The van der Waals surface area contributed by atoms with Crippen molar-refractivity contribution in [1.29, 1.82) is 0 Å². The van der Waals surface area contributed by atoms with Gasteiger partial charge >= 0.3 is 0 Å². The Labute approximate surface area is 128 Å². The Bertz CT molecular complexity index is 553. The highest BCUT2D eigenvalue weighted by Crippen LogP contribution is 2.18. The van der Waals surface area contributed by atoms with Crippen LogP contribution in [0.15, 0.2) is 42.5 Å². The fraction of sp³-hybridized carbons (Fsp3) is 0.412. The number of nitrogens with two attached hydrogens (primary N) is 1. The Balaban J connectivity index is 0.00000200. The van der Waals surface area contributed by atoms with Crippen molar-refractivity contribution in [2.45, 2.75) is 32.9 Å². The van der Waals surface area contributed by atoms with Crippen molar-refractivity contribution in [3.8, 4) is 0 Å². The van der Waals surface area contributed by atoms with Gasteiger partial charge in [-0.25, -0.2) is 0 Å². The molecular formula is C17H25ClN2. The van der Waals surface area contributed by atoms with Gasteiger partial charge < -0.3 is 11.1 Å². The number of fused-ring (bicyclic) bond motifs is 1. The number of hydrogen-bond donors (Lipinski definition) is 2. The van der Waals surface area contributed by atoms with E-state index in [9.17, 15) is 0 Å². The predicted octanol–water partition coefficient (Wildman–Crippen LogP) is 3.72. The van der Waals surface area contributed by atoms with Gasteiger partial charge in [0.1, 0.15) is 0 Å². The van der Waals surface area contributed by atoms with Crippen LogP contribution < -0.4 is 11.1 Å². The molecule has 0 aromatic heterocycles. The number of hydrogen-bond acceptors (Lipinski definition) is 2. The molecule has 0 aliphatic heterocycles. The molecule has 0 radical (unpaired) electrons. The lowest BCUT2D eigenvalue weighted by Gasteiger charge is -2.34. The lowest BCUT2D eigenvalue weighted by atomic mass is 9.88. The van der Waals surface area contributed by atoms with E-state index in [1.807, 2.05) is 0 Å². The average molecular weight is 293 g/mol. The van der Waals surface area contributed by atoms with E-state index in [0.717, 1.165) is 6.54 Å². The monoisotopic (exact) mass is 292 g/mol. The molecule has 2 rings (SSSR count). The molecule has 0 fully saturated rings. The van der Waals surface area contributed by atoms with Crippen LogP contribution in [0.25, 0.3) is 10.8 Å². The first-order chi connectivity index (χ1) is 9.05. The minimum Gasteiger partial charge on any atom is -0.329 e. The quantitative estimate of drug-likeness (QED) is 0.881. The van der Waals surface area contributed by atoms with Crippen molar-refractivity contribution in [3.05, 3.63) is 48.0 Å². The summed E-state index contributed by atoms with van der Waals surface area (Å²) in [5, 5.41) is 6.18. The highest BCUT2D eigenvalue weighted by molar-refractivity contribution is 5.85. The van der Waals surface area contributed by atoms with Crippen LogP contribution in [0.1, 0.15) is 26.3 Å². The molecule has 0 aliphatic carbocycles. The largest absolute Gasteiger partial charge is 0.329 e. The molecule has 110 valence electrons. The average Bonchev–Trinajstić information content (AvgIpc) is 2.44. The first kappa shape index (κ1) is 17.0. The number of rotatable bonds is 5. The second-order valence-electron chi connectivity index (χ2n) is 5.81. The third-order valence-corrected chi connectivity index (χ3v) is 4.21. The minimum absolute atomic E-state index is 0. The standard InChI is InChI=1S/C17H24N2.ClH/c1-13(2)17(3,12-18)19-11-14-8-9-15-6-4-5-7-16(15)10-14;/h4-10,13,19H,11-12,18H2,1-3H3;1H. The molecule has 20 heavy (non-hydrogen) atoms. The molecule has 3 heteroatoms. The van der Waals surface area contributed by atoms with E-state index in [2.05, 4.69) is 68.6 Å². The van der Waals surface area contributed by atoms with Crippen LogP contribution in [0.2, 0.25) is 0 Å². The maximum Gasteiger partial charge on any atom is 0.0301 e. The number of benzene rings is 2. The van der Waals surface area contributed by atoms with Crippen molar-refractivity contribution in [2.75, 3.05) is 6.54 Å². The van der Waals surface area contributed by atoms with Crippen LogP contribution in [0.5, 0.6) is 0 Å². The summed E-state index contributed by atoms with van der Waals surface area (Å²) >= 11 is 0. The molecule has 1 atom stereocenters. The highest BCUT2D eigenvalue weighted by atomic mass is 35.5. The molecule has 0 saturated carbocycles. The van der Waals surface area contributed by atoms with Crippen LogP contribution in [-0.2, 0) is 6.54 Å². The Hall–Kier alpha value is -1.09. The molecule has 2 aromatic rings. The zero-order valence-corrected chi connectivity index (χ0v) is 13.3. The molecule has 0 amide bonds. The molecule has 0 spiro atoms. The summed E-state index contributed by atoms with van der Waals surface area (Å²) in [6.07, 6.45) is 0. The Morgan fingerprint density at radius 2 is 1.75 bits per heavy atom. The summed E-state index contributed by atoms with van der Waals surface area (Å²) in [7, 11) is 0. The molecule has 1 unspecified atom stereocenters. The predicted molar refractivity (Wildman–Crippen MR) is 90.3 cm³/mol. The van der Waals surface area contributed by atoms with Crippen LogP contribution in [0.3, 0.4) is 0 Å². The third-order valence-electron chi connectivity index (χ3n) is 4.21. The van der Waals surface area contributed by atoms with Gasteiger partial charge in [0.15, 0.2) is 0 Å². The lowest BCUT2D eigenvalue weighted by molar-refractivity contribution is 0.267. The maximum absolute atomic E-state index is 5.90. The summed E-state index contributed by atoms with van der Waals surface area (Å²) in [5.41, 5.74) is 7.20. The van der Waals surface area contributed by atoms with Gasteiger partial charge in [-0.1, -0.05) is 50.2 Å². The Morgan fingerprint density at radius 3 is 2.35 bits per heavy atom. The van der Waals surface area contributed by atoms with Crippen LogP contribution in [0, 0.1) is 5.92 Å². The van der Waals surface area contributed by atoms with E-state index < -0.39 is 0 Å². The van der Waals surface area contributed by atoms with Crippen LogP contribution in [0.4, 0.5) is 0 Å². The van der Waals surface area contributed by atoms with Gasteiger partial charge in [0.2, 0.25) is 0 Å². The van der Waals surface area contributed by atoms with E-state index in [1.165, 1.54) is 16.3 Å². The second kappa shape index (κ2) is 7.07. The smallest absolute Gasteiger partial charge is 0.0301 e. The molecule has 0 saturated heterocycles. The maximum atomic E-state index is 5.90. The molecule has 0 heterocycles. The van der Waals surface area contributed by atoms with Gasteiger partial charge in [-0.15, -0.1) is 12.4 Å². The topological polar surface area (TPSA) is 38.0 Å². The van der Waals surface area contributed by atoms with E-state index in [-0.39, 0.29) is 17.9 Å². The summed E-state index contributed by atoms with van der Waals surface area (Å²) in [6.45, 7) is 8.12. The van der Waals surface area contributed by atoms with Gasteiger partial charge in [-0.2, -0.15) is 0 Å². The van der Waals surface area contributed by atoms with Crippen molar-refractivity contribution in [3.63, 3.8) is 0 Å². The first-order valence-electron chi connectivity index (χ1n) is 6.98. The van der Waals surface area contributed by atoms with Crippen LogP contribution >= 0.6 is 12.4 Å². The minimum atomic E-state index is -0.00829. The lowest BCUT2D eigenvalue weighted by Crippen LogP contribution is -2.52. The highest BCUT2D eigenvalue weighted by Gasteiger charge is 2.25. The van der Waals surface area contributed by atoms with Crippen molar-refractivity contribution in [1.82, 2.24) is 5.32 Å². The molecule has 0 bridgehead atoms.